The van der Waals surface area contributed by atoms with Crippen LogP contribution in [0.1, 0.15) is 36.9 Å². The summed E-state index contributed by atoms with van der Waals surface area (Å²) >= 11 is 0. The number of likely N-dealkylation sites (N-methyl/N-ethyl adjacent to an activating group) is 1. The molecule has 0 aliphatic rings. The lowest BCUT2D eigenvalue weighted by Crippen LogP contribution is -2.40. The van der Waals surface area contributed by atoms with Crippen molar-refractivity contribution in [2.45, 2.75) is 38.3 Å². The minimum atomic E-state index is -3.83. The Kier molecular flexibility index (Phi) is 6.33. The average molecular weight is 394 g/mol. The predicted molar refractivity (Wildman–Crippen MR) is 102 cm³/mol. The van der Waals surface area contributed by atoms with Gasteiger partial charge < -0.3 is 14.1 Å². The Hall–Kier alpha value is -2.32. The lowest BCUT2D eigenvalue weighted by atomic mass is 10.1. The fourth-order valence-electron chi connectivity index (χ4n) is 2.33. The van der Waals surface area contributed by atoms with Crippen LogP contribution >= 0.6 is 0 Å². The highest BCUT2D eigenvalue weighted by Crippen LogP contribution is 2.18. The Morgan fingerprint density at radius 2 is 1.85 bits per heavy atom. The zero-order valence-corrected chi connectivity index (χ0v) is 17.1. The molecule has 1 aromatic heterocycles. The summed E-state index contributed by atoms with van der Waals surface area (Å²) < 4.78 is 38.0. The number of nitrogens with one attached hydrogen (secondary N) is 1. The number of aryl methyl sites for hydroxylation is 1. The molecule has 1 amide bonds. The fraction of sp³-hybridized carbons (Fsp3) is 0.421. The molecule has 1 aromatic carbocycles. The first kappa shape index (κ1) is 21.0. The van der Waals surface area contributed by atoms with Crippen LogP contribution in [0.4, 0.5) is 0 Å². The molecule has 0 saturated heterocycles. The summed E-state index contributed by atoms with van der Waals surface area (Å²) in [6, 6.07) is 10.3. The van der Waals surface area contributed by atoms with Gasteiger partial charge in [0.1, 0.15) is 12.4 Å². The third-order valence-corrected chi connectivity index (χ3v) is 5.25. The lowest BCUT2D eigenvalue weighted by Gasteiger charge is -2.19. The van der Waals surface area contributed by atoms with Crippen LogP contribution in [0.15, 0.2) is 45.9 Å². The normalized spacial score (nSPS) is 12.0. The van der Waals surface area contributed by atoms with E-state index in [1.54, 1.807) is 27.8 Å². The van der Waals surface area contributed by atoms with Crippen LogP contribution in [0.3, 0.4) is 0 Å². The van der Waals surface area contributed by atoms with Gasteiger partial charge in [-0.2, -0.15) is 0 Å². The molecule has 0 fully saturated rings. The standard InChI is InChI=1S/C19H26N2O5S/c1-14-8-6-7-9-15(14)25-13-12-21(5)18(22)16-10-11-17(26-16)27(23,24)20-19(2,3)4/h6-11,20H,12-13H2,1-5H3. The Morgan fingerprint density at radius 1 is 1.19 bits per heavy atom. The molecule has 0 spiro atoms. The molecule has 0 atom stereocenters. The first-order valence-corrected chi connectivity index (χ1v) is 10.1. The summed E-state index contributed by atoms with van der Waals surface area (Å²) in [6.07, 6.45) is 0. The van der Waals surface area contributed by atoms with Crippen LogP contribution < -0.4 is 9.46 Å². The number of carbonyl (C=O) groups is 1. The highest BCUT2D eigenvalue weighted by molar-refractivity contribution is 7.89. The van der Waals surface area contributed by atoms with Crippen LogP contribution in [-0.2, 0) is 10.0 Å². The Morgan fingerprint density at radius 3 is 2.48 bits per heavy atom. The molecule has 0 aliphatic heterocycles. The van der Waals surface area contributed by atoms with Crippen molar-refractivity contribution in [3.8, 4) is 5.75 Å². The van der Waals surface area contributed by atoms with Gasteiger partial charge in [0.2, 0.25) is 5.09 Å². The number of furan rings is 1. The van der Waals surface area contributed by atoms with E-state index in [2.05, 4.69) is 4.72 Å². The number of hydrogen-bond donors (Lipinski definition) is 1. The van der Waals surface area contributed by atoms with Gasteiger partial charge in [-0.1, -0.05) is 18.2 Å². The van der Waals surface area contributed by atoms with Gasteiger partial charge in [-0.25, -0.2) is 13.1 Å². The number of benzene rings is 1. The van der Waals surface area contributed by atoms with E-state index >= 15 is 0 Å². The first-order valence-electron chi connectivity index (χ1n) is 8.57. The SMILES string of the molecule is Cc1ccccc1OCCN(C)C(=O)c1ccc(S(=O)(=O)NC(C)(C)C)o1. The van der Waals surface area contributed by atoms with Crippen molar-refractivity contribution in [3.05, 3.63) is 47.7 Å². The second kappa shape index (κ2) is 8.14. The van der Waals surface area contributed by atoms with Crippen LogP contribution in [0, 0.1) is 6.92 Å². The van der Waals surface area contributed by atoms with E-state index < -0.39 is 21.5 Å². The van der Waals surface area contributed by atoms with E-state index in [1.807, 2.05) is 31.2 Å². The first-order chi connectivity index (χ1) is 12.5. The number of rotatable bonds is 7. The molecule has 1 N–H and O–H groups in total. The third kappa shape index (κ3) is 5.83. The molecule has 2 rings (SSSR count). The van der Waals surface area contributed by atoms with Gasteiger partial charge in [0.05, 0.1) is 6.54 Å². The average Bonchev–Trinajstić information content (AvgIpc) is 3.04. The monoisotopic (exact) mass is 394 g/mol. The molecule has 1 heterocycles. The summed E-state index contributed by atoms with van der Waals surface area (Å²) in [5.74, 6) is 0.307. The van der Waals surface area contributed by atoms with Gasteiger partial charge in [-0.15, -0.1) is 0 Å². The Balaban J connectivity index is 1.97. The van der Waals surface area contributed by atoms with Crippen molar-refractivity contribution < 1.29 is 22.4 Å². The zero-order chi connectivity index (χ0) is 20.2. The number of nitrogens with zero attached hydrogens (tertiary/aromatic N) is 1. The van der Waals surface area contributed by atoms with E-state index in [0.29, 0.717) is 13.2 Å². The van der Waals surface area contributed by atoms with Crippen molar-refractivity contribution >= 4 is 15.9 Å². The fourth-order valence-corrected chi connectivity index (χ4v) is 3.69. The molecule has 0 saturated carbocycles. The van der Waals surface area contributed by atoms with E-state index in [-0.39, 0.29) is 10.9 Å². The molecule has 0 radical (unpaired) electrons. The zero-order valence-electron chi connectivity index (χ0n) is 16.3. The number of para-hydroxylation sites is 1. The highest BCUT2D eigenvalue weighted by atomic mass is 32.2. The number of ether oxygens (including phenoxy) is 1. The molecular weight excluding hydrogens is 368 g/mol. The van der Waals surface area contributed by atoms with Crippen LogP contribution in [0.25, 0.3) is 0 Å². The molecule has 0 aliphatic carbocycles. The quantitative estimate of drug-likeness (QED) is 0.780. The highest BCUT2D eigenvalue weighted by Gasteiger charge is 2.26. The van der Waals surface area contributed by atoms with E-state index in [9.17, 15) is 13.2 Å². The maximum atomic E-state index is 12.4. The van der Waals surface area contributed by atoms with Crippen molar-refractivity contribution in [3.63, 3.8) is 0 Å². The van der Waals surface area contributed by atoms with Crippen LogP contribution in [0.2, 0.25) is 0 Å². The van der Waals surface area contributed by atoms with Crippen LogP contribution in [-0.4, -0.2) is 45.0 Å². The van der Waals surface area contributed by atoms with Gasteiger partial charge in [0.15, 0.2) is 5.76 Å². The molecular formula is C19H26N2O5S. The Labute approximate surface area is 160 Å². The van der Waals surface area contributed by atoms with Gasteiger partial charge in [-0.05, 0) is 51.5 Å². The number of hydrogen-bond acceptors (Lipinski definition) is 5. The van der Waals surface area contributed by atoms with Gasteiger partial charge in [-0.3, -0.25) is 4.79 Å². The van der Waals surface area contributed by atoms with Crippen molar-refractivity contribution in [1.82, 2.24) is 9.62 Å². The number of sulfonamides is 1. The molecule has 27 heavy (non-hydrogen) atoms. The lowest BCUT2D eigenvalue weighted by molar-refractivity contribution is 0.0736. The number of amides is 1. The maximum Gasteiger partial charge on any atom is 0.289 e. The van der Waals surface area contributed by atoms with Crippen molar-refractivity contribution in [2.24, 2.45) is 0 Å². The summed E-state index contributed by atoms with van der Waals surface area (Å²) in [6.45, 7) is 7.76. The second-order valence-corrected chi connectivity index (χ2v) is 8.93. The van der Waals surface area contributed by atoms with Crippen molar-refractivity contribution in [1.29, 1.82) is 0 Å². The topological polar surface area (TPSA) is 88.8 Å². The van der Waals surface area contributed by atoms with E-state index in [1.165, 1.54) is 17.0 Å². The van der Waals surface area contributed by atoms with Gasteiger partial charge in [0, 0.05) is 12.6 Å². The Bertz CT molecular complexity index is 897. The van der Waals surface area contributed by atoms with E-state index in [0.717, 1.165) is 11.3 Å². The third-order valence-electron chi connectivity index (χ3n) is 3.62. The predicted octanol–water partition coefficient (Wildman–Crippen LogP) is 2.82. The molecule has 0 bridgehead atoms. The van der Waals surface area contributed by atoms with Crippen molar-refractivity contribution in [2.75, 3.05) is 20.2 Å². The summed E-state index contributed by atoms with van der Waals surface area (Å²) in [7, 11) is -2.22. The molecule has 148 valence electrons. The smallest absolute Gasteiger partial charge is 0.289 e. The minimum Gasteiger partial charge on any atom is -0.491 e. The summed E-state index contributed by atoms with van der Waals surface area (Å²) in [5, 5.41) is -0.287. The largest absolute Gasteiger partial charge is 0.491 e. The van der Waals surface area contributed by atoms with Crippen LogP contribution in [0.5, 0.6) is 5.75 Å². The minimum absolute atomic E-state index is 0.0392. The molecule has 0 unspecified atom stereocenters. The van der Waals surface area contributed by atoms with E-state index in [4.69, 9.17) is 9.15 Å². The summed E-state index contributed by atoms with van der Waals surface area (Å²) in [5.41, 5.74) is 0.359. The maximum absolute atomic E-state index is 12.4. The second-order valence-electron chi connectivity index (χ2n) is 7.31. The molecule has 7 nitrogen and oxygen atoms in total. The molecule has 2 aromatic rings. The molecule has 8 heteroatoms. The summed E-state index contributed by atoms with van der Waals surface area (Å²) in [4.78, 5) is 13.9. The van der Waals surface area contributed by atoms with Gasteiger partial charge in [0.25, 0.3) is 15.9 Å². The number of carbonyl (C=O) groups excluding carboxylic acids is 1. The van der Waals surface area contributed by atoms with Gasteiger partial charge >= 0.3 is 0 Å².